The summed E-state index contributed by atoms with van der Waals surface area (Å²) in [6, 6.07) is 10.6. The van der Waals surface area contributed by atoms with Gasteiger partial charge in [-0.15, -0.1) is 0 Å². The summed E-state index contributed by atoms with van der Waals surface area (Å²) >= 11 is 0. The monoisotopic (exact) mass is 1040 g/mol. The molecular weight excluding hydrogens is 984 g/mol. The summed E-state index contributed by atoms with van der Waals surface area (Å²) in [5, 5.41) is 41.3. The van der Waals surface area contributed by atoms with Crippen LogP contribution in [0.2, 0.25) is 0 Å². The van der Waals surface area contributed by atoms with Crippen molar-refractivity contribution < 1.29 is 195 Å². The first-order chi connectivity index (χ1) is 29.5. The molecule has 0 aliphatic heterocycles. The maximum absolute atomic E-state index is 12.3. The van der Waals surface area contributed by atoms with Gasteiger partial charge in [-0.2, -0.15) is 9.97 Å². The van der Waals surface area contributed by atoms with Crippen molar-refractivity contribution in [3.05, 3.63) is 115 Å². The quantitative estimate of drug-likeness (QED) is 0.0356. The van der Waals surface area contributed by atoms with E-state index in [-0.39, 0.29) is 205 Å². The number of nitrogens with one attached hydrogen (secondary N) is 6. The number of rotatable bonds is 18. The molecule has 0 saturated heterocycles. The molecule has 0 spiro atoms. The number of anilines is 2. The van der Waals surface area contributed by atoms with Gasteiger partial charge in [0.05, 0.1) is 10.8 Å². The number of amides is 2. The Morgan fingerprint density at radius 1 is 0.521 bits per heavy atom. The van der Waals surface area contributed by atoms with Crippen LogP contribution in [-0.2, 0) is 44.9 Å². The van der Waals surface area contributed by atoms with Crippen LogP contribution in [0.5, 0.6) is 0 Å². The van der Waals surface area contributed by atoms with Gasteiger partial charge in [-0.25, -0.2) is 9.59 Å². The number of aryl methyl sites for hydroxylation is 4. The molecule has 6 rings (SSSR count). The first kappa shape index (κ1) is 75.4. The first-order valence-corrected chi connectivity index (χ1v) is 18.9. The predicted molar refractivity (Wildman–Crippen MR) is 240 cm³/mol. The fourth-order valence-electron chi connectivity index (χ4n) is 6.37. The SMILES string of the molecule is Nc1nc2[nH]cc(CCc3ccc(C(=O)N[C@@H](CCC(=O)O)C(=O)O)cc3)c2c(=O)[nH]1.Nc1nc2[nH]cc(CCc3ccc(C(=O)N[C@@H](CCC(=O)O)C(=O)O)cc3)c2c(=O)[nH]1.O.O.O.O.O.[Na+].[Na+].[Na+].[Na+]. The topological polar surface area (TPSA) is 540 Å². The van der Waals surface area contributed by atoms with Crippen molar-refractivity contribution >= 4 is 69.7 Å². The molecule has 2 amide bonds. The Labute approximate surface area is 489 Å². The Morgan fingerprint density at radius 3 is 1.11 bits per heavy atom. The number of nitrogen functional groups attached to an aromatic ring is 2. The molecule has 0 bridgehead atoms. The zero-order valence-corrected chi connectivity index (χ0v) is 47.2. The van der Waals surface area contributed by atoms with Crippen molar-refractivity contribution in [1.82, 2.24) is 40.5 Å². The van der Waals surface area contributed by atoms with Crippen LogP contribution < -0.4 is 151 Å². The van der Waals surface area contributed by atoms with Crippen LogP contribution in [0.1, 0.15) is 68.7 Å². The smallest absolute Gasteiger partial charge is 0.481 e. The maximum Gasteiger partial charge on any atom is 1.00 e. The Kier molecular flexibility index (Phi) is 37.8. The van der Waals surface area contributed by atoms with E-state index in [0.29, 0.717) is 47.8 Å². The summed E-state index contributed by atoms with van der Waals surface area (Å²) in [7, 11) is 0. The standard InChI is InChI=1S/2C20H21N5O6.4Na.5H2O/c2*21-20-24-16-15(18(29)25-20)12(9-22-16)6-3-10-1-4-11(5-2-10)17(28)23-13(19(30)31)7-8-14(26)27;;;;;;;;;/h2*1-2,4-5,9,13H,3,6-8H2,(H,23,28)(H,26,27)(H,30,31)(H4,21,22,24,25,29);;;;;5*1H2/q;;4*+1;;;;;/t2*13-;;;;;;;;;/m00........./s1. The minimum absolute atomic E-state index is 0. The Morgan fingerprint density at radius 2 is 0.831 bits per heavy atom. The molecule has 0 radical (unpaired) electrons. The summed E-state index contributed by atoms with van der Waals surface area (Å²) in [4.78, 5) is 111. The zero-order valence-electron chi connectivity index (χ0n) is 39.2. The second kappa shape index (κ2) is 35.6. The minimum Gasteiger partial charge on any atom is -0.481 e. The molecule has 71 heavy (non-hydrogen) atoms. The Bertz CT molecular complexity index is 2580. The number of H-pyrrole nitrogens is 4. The van der Waals surface area contributed by atoms with E-state index in [1.165, 1.54) is 0 Å². The maximum atomic E-state index is 12.3. The van der Waals surface area contributed by atoms with Crippen LogP contribution in [0.4, 0.5) is 11.9 Å². The number of aliphatic carboxylic acids is 4. The molecule has 4 heterocycles. The van der Waals surface area contributed by atoms with Crippen molar-refractivity contribution in [2.45, 2.75) is 63.5 Å². The molecule has 4 aromatic heterocycles. The first-order valence-electron chi connectivity index (χ1n) is 18.9. The van der Waals surface area contributed by atoms with Gasteiger partial charge in [0.15, 0.2) is 0 Å². The molecule has 2 atom stereocenters. The van der Waals surface area contributed by atoms with Crippen molar-refractivity contribution in [3.8, 4) is 0 Å². The van der Waals surface area contributed by atoms with Crippen LogP contribution in [0.15, 0.2) is 70.5 Å². The van der Waals surface area contributed by atoms with Crippen LogP contribution in [0, 0.1) is 0 Å². The fraction of sp³-hybridized carbons (Fsp3) is 0.250. The van der Waals surface area contributed by atoms with Crippen molar-refractivity contribution in [2.75, 3.05) is 11.5 Å². The fourth-order valence-corrected chi connectivity index (χ4v) is 6.37. The van der Waals surface area contributed by atoms with E-state index in [9.17, 15) is 38.4 Å². The van der Waals surface area contributed by atoms with Crippen LogP contribution in [0.3, 0.4) is 0 Å². The number of nitrogens with two attached hydrogens (primary N) is 2. The average molecular weight is 1040 g/mol. The number of nitrogens with zero attached hydrogens (tertiary/aromatic N) is 2. The van der Waals surface area contributed by atoms with Crippen LogP contribution in [-0.4, -0.2) is 125 Å². The molecule has 27 nitrogen and oxygen atoms in total. The summed E-state index contributed by atoms with van der Waals surface area (Å²) in [6.07, 6.45) is 4.55. The molecule has 31 heteroatoms. The number of fused-ring (bicyclic) bond motifs is 2. The van der Waals surface area contributed by atoms with Gasteiger partial charge in [-0.3, -0.25) is 38.7 Å². The molecule has 2 aromatic carbocycles. The zero-order chi connectivity index (χ0) is 45.1. The minimum atomic E-state index is -1.30. The van der Waals surface area contributed by atoms with Crippen LogP contribution >= 0.6 is 0 Å². The average Bonchev–Trinajstić information content (AvgIpc) is 3.83. The van der Waals surface area contributed by atoms with Gasteiger partial charge in [0, 0.05) is 36.4 Å². The predicted octanol–water partition coefficient (Wildman–Crippen LogP) is -14.8. The number of carboxylic acid groups (broad SMARTS) is 4. The number of hydrogen-bond acceptors (Lipinski definition) is 12. The third-order valence-corrected chi connectivity index (χ3v) is 9.58. The van der Waals surface area contributed by atoms with Gasteiger partial charge >= 0.3 is 142 Å². The van der Waals surface area contributed by atoms with Gasteiger partial charge in [-0.1, -0.05) is 24.3 Å². The number of carbonyl (C=O) groups excluding carboxylic acids is 2. The number of aromatic nitrogens is 6. The summed E-state index contributed by atoms with van der Waals surface area (Å²) < 4.78 is 0. The van der Waals surface area contributed by atoms with E-state index in [1.807, 2.05) is 0 Å². The molecule has 24 N–H and O–H groups in total. The summed E-state index contributed by atoms with van der Waals surface area (Å²) in [6.45, 7) is 0. The molecule has 0 aliphatic rings. The van der Waals surface area contributed by atoms with Crippen molar-refractivity contribution in [2.24, 2.45) is 0 Å². The molecule has 0 unspecified atom stereocenters. The molecule has 0 fully saturated rings. The largest absolute Gasteiger partial charge is 1.00 e. The van der Waals surface area contributed by atoms with Crippen LogP contribution in [0.25, 0.3) is 22.1 Å². The Balaban J connectivity index is -0.000000363. The molecule has 364 valence electrons. The second-order valence-corrected chi connectivity index (χ2v) is 14.0. The molecule has 6 aromatic rings. The van der Waals surface area contributed by atoms with Gasteiger partial charge in [0.1, 0.15) is 23.4 Å². The molecule has 0 aliphatic carbocycles. The summed E-state index contributed by atoms with van der Waals surface area (Å²) in [5.41, 5.74) is 15.2. The van der Waals surface area contributed by atoms with E-state index in [1.54, 1.807) is 60.9 Å². The number of carboxylic acids is 4. The number of aromatic amines is 4. The Hall–Kier alpha value is -4.50. The number of benzene rings is 2. The van der Waals surface area contributed by atoms with Crippen molar-refractivity contribution in [3.63, 3.8) is 0 Å². The van der Waals surface area contributed by atoms with E-state index in [4.69, 9.17) is 31.9 Å². The van der Waals surface area contributed by atoms with E-state index < -0.39 is 47.8 Å². The van der Waals surface area contributed by atoms with Gasteiger partial charge in [0.25, 0.3) is 22.9 Å². The normalized spacial score (nSPS) is 10.4. The van der Waals surface area contributed by atoms with Gasteiger partial charge in [0.2, 0.25) is 11.9 Å². The third kappa shape index (κ3) is 22.0. The van der Waals surface area contributed by atoms with Gasteiger partial charge < -0.3 is 79.9 Å². The van der Waals surface area contributed by atoms with E-state index in [2.05, 4.69) is 40.5 Å². The van der Waals surface area contributed by atoms with Crippen molar-refractivity contribution in [1.29, 1.82) is 0 Å². The third-order valence-electron chi connectivity index (χ3n) is 9.58. The van der Waals surface area contributed by atoms with E-state index in [0.717, 1.165) is 22.3 Å². The summed E-state index contributed by atoms with van der Waals surface area (Å²) in [5.74, 6) is -6.00. The molecule has 0 saturated carbocycles. The number of hydrogen-bond donors (Lipinski definition) is 12. The van der Waals surface area contributed by atoms with Gasteiger partial charge in [-0.05, 0) is 85.0 Å². The van der Waals surface area contributed by atoms with E-state index >= 15 is 0 Å². The number of carbonyl (C=O) groups is 6. The second-order valence-electron chi connectivity index (χ2n) is 14.0. The molecular formula is C40H52N10Na4O17+4.